The minimum Gasteiger partial charge on any atom is -0.444 e. The van der Waals surface area contributed by atoms with Gasteiger partial charge in [-0.25, -0.2) is 14.2 Å². The van der Waals surface area contributed by atoms with Gasteiger partial charge in [-0.3, -0.25) is 9.20 Å². The van der Waals surface area contributed by atoms with Crippen LogP contribution < -0.4 is 5.32 Å². The van der Waals surface area contributed by atoms with Gasteiger partial charge in [-0.1, -0.05) is 17.4 Å². The molecule has 1 N–H and O–H groups in total. The van der Waals surface area contributed by atoms with Crippen molar-refractivity contribution in [2.45, 2.75) is 64.1 Å². The van der Waals surface area contributed by atoms with E-state index >= 15 is 4.39 Å². The first-order chi connectivity index (χ1) is 19.2. The van der Waals surface area contributed by atoms with Crippen molar-refractivity contribution in [1.29, 1.82) is 0 Å². The molecule has 4 heterocycles. The number of nitrogens with one attached hydrogen (secondary N) is 1. The molecular weight excluding hydrogens is 531 g/mol. The summed E-state index contributed by atoms with van der Waals surface area (Å²) in [5.41, 5.74) is 2.60. The van der Waals surface area contributed by atoms with Crippen molar-refractivity contribution in [3.8, 4) is 11.3 Å². The molecule has 2 aromatic heterocycles. The predicted molar refractivity (Wildman–Crippen MR) is 152 cm³/mol. The number of halogens is 1. The van der Waals surface area contributed by atoms with Crippen molar-refractivity contribution in [2.24, 2.45) is 0 Å². The highest BCUT2D eigenvalue weighted by Gasteiger charge is 2.33. The zero-order valence-electron chi connectivity index (χ0n) is 22.9. The molecule has 2 atom stereocenters. The number of likely N-dealkylation sites (tertiary alicyclic amines) is 1. The SMILES string of the molecule is CC(C)(C)OC(=O)N1CCCC1c1ccc(-c2cn3c(n2)sc2cc(C(=O)NC4CCCOC4)ccc23)c(F)c1. The number of imidazole rings is 1. The molecule has 2 aliphatic rings. The standard InChI is InChI=1S/C30H33FN4O4S/c1-30(2,3)39-29(37)34-12-4-7-24(34)18-8-10-21(22(31)14-18)23-16-35-25-11-9-19(15-26(25)40-28(35)33-23)27(36)32-20-6-5-13-38-17-20/h8-11,14-16,20,24H,4-7,12-13,17H2,1-3H3,(H,32,36). The van der Waals surface area contributed by atoms with Gasteiger partial charge in [-0.2, -0.15) is 0 Å². The molecule has 2 aliphatic heterocycles. The van der Waals surface area contributed by atoms with Gasteiger partial charge < -0.3 is 19.7 Å². The van der Waals surface area contributed by atoms with Gasteiger partial charge in [0.25, 0.3) is 5.91 Å². The summed E-state index contributed by atoms with van der Waals surface area (Å²) in [6.45, 7) is 7.40. The van der Waals surface area contributed by atoms with E-state index in [1.165, 1.54) is 17.4 Å². The Morgan fingerprint density at radius 2 is 2.00 bits per heavy atom. The average Bonchev–Trinajstić information content (AvgIpc) is 3.63. The van der Waals surface area contributed by atoms with E-state index < -0.39 is 5.60 Å². The van der Waals surface area contributed by atoms with Crippen LogP contribution in [0.25, 0.3) is 26.4 Å². The zero-order chi connectivity index (χ0) is 28.0. The summed E-state index contributed by atoms with van der Waals surface area (Å²) in [6.07, 6.45) is 4.93. The number of amides is 2. The van der Waals surface area contributed by atoms with Crippen LogP contribution in [0.1, 0.15) is 68.4 Å². The van der Waals surface area contributed by atoms with Gasteiger partial charge in [-0.05, 0) is 82.3 Å². The van der Waals surface area contributed by atoms with Crippen LogP contribution in [0.5, 0.6) is 0 Å². The summed E-state index contributed by atoms with van der Waals surface area (Å²) in [6, 6.07) is 10.5. The van der Waals surface area contributed by atoms with Crippen LogP contribution in [0, 0.1) is 5.82 Å². The van der Waals surface area contributed by atoms with E-state index in [1.54, 1.807) is 17.0 Å². The highest BCUT2D eigenvalue weighted by molar-refractivity contribution is 7.23. The Bertz CT molecular complexity index is 1580. The maximum absolute atomic E-state index is 15.4. The molecule has 2 aromatic carbocycles. The Balaban J connectivity index is 1.22. The Labute approximate surface area is 236 Å². The van der Waals surface area contributed by atoms with E-state index in [0.29, 0.717) is 30.0 Å². The van der Waals surface area contributed by atoms with E-state index in [0.717, 1.165) is 53.0 Å². The van der Waals surface area contributed by atoms with E-state index in [2.05, 4.69) is 5.32 Å². The van der Waals surface area contributed by atoms with Crippen molar-refractivity contribution in [3.05, 3.63) is 59.5 Å². The third kappa shape index (κ3) is 5.30. The second kappa shape index (κ2) is 10.5. The third-order valence-corrected chi connectivity index (χ3v) is 8.40. The number of fused-ring (bicyclic) bond motifs is 3. The molecule has 210 valence electrons. The van der Waals surface area contributed by atoms with Crippen LogP contribution in [0.3, 0.4) is 0 Å². The van der Waals surface area contributed by atoms with Crippen LogP contribution >= 0.6 is 11.3 Å². The van der Waals surface area contributed by atoms with Crippen LogP contribution in [-0.4, -0.2) is 57.7 Å². The fourth-order valence-electron chi connectivity index (χ4n) is 5.49. The smallest absolute Gasteiger partial charge is 0.410 e. The van der Waals surface area contributed by atoms with Gasteiger partial charge in [0.05, 0.1) is 34.6 Å². The van der Waals surface area contributed by atoms with Crippen LogP contribution in [-0.2, 0) is 9.47 Å². The van der Waals surface area contributed by atoms with Gasteiger partial charge in [0.15, 0.2) is 4.96 Å². The summed E-state index contributed by atoms with van der Waals surface area (Å²) in [4.78, 5) is 32.6. The minimum absolute atomic E-state index is 0.0375. The summed E-state index contributed by atoms with van der Waals surface area (Å²) in [5.74, 6) is -0.493. The third-order valence-electron chi connectivity index (χ3n) is 7.39. The Kier molecular flexibility index (Phi) is 7.00. The number of rotatable bonds is 4. The lowest BCUT2D eigenvalue weighted by atomic mass is 10.0. The van der Waals surface area contributed by atoms with Gasteiger partial charge in [0.1, 0.15) is 11.4 Å². The number of nitrogens with zero attached hydrogens (tertiary/aromatic N) is 3. The van der Waals surface area contributed by atoms with E-state index in [4.69, 9.17) is 14.5 Å². The highest BCUT2D eigenvalue weighted by Crippen LogP contribution is 2.36. The first kappa shape index (κ1) is 26.7. The van der Waals surface area contributed by atoms with Crippen molar-refractivity contribution < 1.29 is 23.5 Å². The highest BCUT2D eigenvalue weighted by atomic mass is 32.1. The molecule has 6 rings (SSSR count). The molecule has 2 fully saturated rings. The number of hydrogen-bond acceptors (Lipinski definition) is 6. The van der Waals surface area contributed by atoms with Crippen molar-refractivity contribution >= 4 is 38.5 Å². The molecule has 40 heavy (non-hydrogen) atoms. The molecule has 10 heteroatoms. The normalized spacial score (nSPS) is 19.9. The summed E-state index contributed by atoms with van der Waals surface area (Å²) in [5, 5.41) is 3.06. The lowest BCUT2D eigenvalue weighted by molar-refractivity contribution is 0.0224. The summed E-state index contributed by atoms with van der Waals surface area (Å²) < 4.78 is 29.3. The topological polar surface area (TPSA) is 85.2 Å². The molecule has 0 radical (unpaired) electrons. The lowest BCUT2D eigenvalue weighted by Crippen LogP contribution is -2.40. The Morgan fingerprint density at radius 3 is 2.75 bits per heavy atom. The number of carbonyl (C=O) groups is 2. The molecule has 4 aromatic rings. The number of hydrogen-bond donors (Lipinski definition) is 1. The lowest BCUT2D eigenvalue weighted by Gasteiger charge is -2.29. The van der Waals surface area contributed by atoms with Gasteiger partial charge in [0, 0.05) is 30.5 Å². The van der Waals surface area contributed by atoms with E-state index in [-0.39, 0.29) is 29.9 Å². The maximum atomic E-state index is 15.4. The van der Waals surface area contributed by atoms with Gasteiger partial charge in [-0.15, -0.1) is 0 Å². The molecule has 0 aliphatic carbocycles. The number of aromatic nitrogens is 2. The Morgan fingerprint density at radius 1 is 1.15 bits per heavy atom. The molecule has 2 unspecified atom stereocenters. The van der Waals surface area contributed by atoms with Gasteiger partial charge in [0.2, 0.25) is 0 Å². The first-order valence-electron chi connectivity index (χ1n) is 13.8. The largest absolute Gasteiger partial charge is 0.444 e. The fourth-order valence-corrected chi connectivity index (χ4v) is 6.54. The maximum Gasteiger partial charge on any atom is 0.410 e. The van der Waals surface area contributed by atoms with Crippen molar-refractivity contribution in [2.75, 3.05) is 19.8 Å². The molecule has 2 saturated heterocycles. The minimum atomic E-state index is -0.587. The van der Waals surface area contributed by atoms with E-state index in [1.807, 2.05) is 49.6 Å². The van der Waals surface area contributed by atoms with Crippen LogP contribution in [0.2, 0.25) is 0 Å². The summed E-state index contributed by atoms with van der Waals surface area (Å²) in [7, 11) is 0. The number of thiazole rings is 1. The molecule has 2 amide bonds. The zero-order valence-corrected chi connectivity index (χ0v) is 23.7. The number of carbonyl (C=O) groups excluding carboxylic acids is 2. The number of benzene rings is 2. The molecular formula is C30H33FN4O4S. The van der Waals surface area contributed by atoms with Gasteiger partial charge >= 0.3 is 6.09 Å². The molecule has 0 saturated carbocycles. The van der Waals surface area contributed by atoms with Crippen molar-refractivity contribution in [3.63, 3.8) is 0 Å². The molecule has 0 bridgehead atoms. The monoisotopic (exact) mass is 564 g/mol. The predicted octanol–water partition coefficient (Wildman–Crippen LogP) is 6.34. The fraction of sp³-hybridized carbons (Fsp3) is 0.433. The van der Waals surface area contributed by atoms with Crippen LogP contribution in [0.4, 0.5) is 9.18 Å². The summed E-state index contributed by atoms with van der Waals surface area (Å²) >= 11 is 1.46. The second-order valence-corrected chi connectivity index (χ2v) is 12.5. The average molecular weight is 565 g/mol. The second-order valence-electron chi connectivity index (χ2n) is 11.5. The molecule has 0 spiro atoms. The first-order valence-corrected chi connectivity index (χ1v) is 14.6. The quantitative estimate of drug-likeness (QED) is 0.313. The Hall–Kier alpha value is -3.50. The van der Waals surface area contributed by atoms with Crippen molar-refractivity contribution in [1.82, 2.24) is 19.6 Å². The number of ether oxygens (including phenoxy) is 2. The van der Waals surface area contributed by atoms with E-state index in [9.17, 15) is 9.59 Å². The molecule has 8 nitrogen and oxygen atoms in total. The van der Waals surface area contributed by atoms with Crippen LogP contribution in [0.15, 0.2) is 42.6 Å².